The van der Waals surface area contributed by atoms with Gasteiger partial charge < -0.3 is 4.84 Å². The number of hydrogen-bond donors (Lipinski definition) is 0. The molecule has 0 aliphatic heterocycles. The minimum Gasteiger partial charge on any atom is -0.390 e. The van der Waals surface area contributed by atoms with E-state index in [2.05, 4.69) is 11.4 Å². The van der Waals surface area contributed by atoms with Crippen molar-refractivity contribution in [2.45, 2.75) is 13.5 Å². The minimum atomic E-state index is 0.388. The zero-order chi connectivity index (χ0) is 12.8. The van der Waals surface area contributed by atoms with Gasteiger partial charge in [-0.05, 0) is 30.7 Å². The Kier molecular flexibility index (Phi) is 4.37. The van der Waals surface area contributed by atoms with Crippen molar-refractivity contribution in [2.75, 3.05) is 0 Å². The van der Waals surface area contributed by atoms with Crippen LogP contribution >= 0.6 is 11.6 Å². The molecule has 2 aromatic rings. The molecule has 0 saturated carbocycles. The van der Waals surface area contributed by atoms with E-state index in [1.54, 1.807) is 0 Å². The predicted octanol–water partition coefficient (Wildman–Crippen LogP) is 4.08. The van der Waals surface area contributed by atoms with E-state index < -0.39 is 0 Å². The quantitative estimate of drug-likeness (QED) is 0.598. The smallest absolute Gasteiger partial charge is 0.142 e. The zero-order valence-electron chi connectivity index (χ0n) is 10.1. The molecule has 0 fully saturated rings. The summed E-state index contributed by atoms with van der Waals surface area (Å²) in [7, 11) is 0. The van der Waals surface area contributed by atoms with Crippen molar-refractivity contribution in [3.63, 3.8) is 0 Å². The standard InChI is InChI=1S/C15H13ClNO/c1-12-4-2-5-13(8-12)10-17-18-11-14-6-3-7-15(16)9-14/h2-9H,11H2,1H3. The van der Waals surface area contributed by atoms with Crippen LogP contribution < -0.4 is 0 Å². The van der Waals surface area contributed by atoms with Crippen molar-refractivity contribution < 1.29 is 4.84 Å². The van der Waals surface area contributed by atoms with Crippen LogP contribution in [-0.2, 0) is 11.4 Å². The molecule has 0 unspecified atom stereocenters. The molecular weight excluding hydrogens is 246 g/mol. The van der Waals surface area contributed by atoms with Gasteiger partial charge in [0.05, 0.1) is 0 Å². The molecule has 18 heavy (non-hydrogen) atoms. The van der Waals surface area contributed by atoms with Gasteiger partial charge in [-0.3, -0.25) is 0 Å². The van der Waals surface area contributed by atoms with Crippen LogP contribution in [0.4, 0.5) is 0 Å². The van der Waals surface area contributed by atoms with Gasteiger partial charge in [-0.15, -0.1) is 0 Å². The van der Waals surface area contributed by atoms with Crippen LogP contribution in [0, 0.1) is 6.92 Å². The van der Waals surface area contributed by atoms with Crippen LogP contribution in [0.25, 0.3) is 0 Å². The first-order chi connectivity index (χ1) is 8.74. The molecule has 1 radical (unpaired) electrons. The van der Waals surface area contributed by atoms with E-state index >= 15 is 0 Å². The number of halogens is 1. The number of nitrogens with zero attached hydrogens (tertiary/aromatic N) is 1. The van der Waals surface area contributed by atoms with Crippen molar-refractivity contribution in [1.82, 2.24) is 0 Å². The van der Waals surface area contributed by atoms with E-state index in [4.69, 9.17) is 16.4 Å². The van der Waals surface area contributed by atoms with Crippen LogP contribution in [0.3, 0.4) is 0 Å². The molecule has 0 amide bonds. The summed E-state index contributed by atoms with van der Waals surface area (Å²) >= 11 is 5.87. The van der Waals surface area contributed by atoms with Crippen molar-refractivity contribution >= 4 is 17.8 Å². The van der Waals surface area contributed by atoms with E-state index in [9.17, 15) is 0 Å². The largest absolute Gasteiger partial charge is 0.390 e. The molecule has 0 spiro atoms. The summed E-state index contributed by atoms with van der Waals surface area (Å²) in [5.74, 6) is 0. The number of benzene rings is 2. The summed E-state index contributed by atoms with van der Waals surface area (Å²) in [6.07, 6.45) is 2.84. The number of rotatable bonds is 4. The Balaban J connectivity index is 1.89. The topological polar surface area (TPSA) is 21.6 Å². The summed E-state index contributed by atoms with van der Waals surface area (Å²) < 4.78 is 0. The Morgan fingerprint density at radius 3 is 2.78 bits per heavy atom. The molecule has 0 heterocycles. The highest BCUT2D eigenvalue weighted by Crippen LogP contribution is 2.11. The highest BCUT2D eigenvalue weighted by atomic mass is 35.5. The van der Waals surface area contributed by atoms with Gasteiger partial charge in [0, 0.05) is 10.6 Å². The molecule has 0 atom stereocenters. The van der Waals surface area contributed by atoms with Crippen LogP contribution in [0.15, 0.2) is 53.7 Å². The van der Waals surface area contributed by atoms with Crippen LogP contribution in [-0.4, -0.2) is 6.21 Å². The maximum atomic E-state index is 5.87. The summed E-state index contributed by atoms with van der Waals surface area (Å²) in [6.45, 7) is 2.41. The molecule has 2 rings (SSSR count). The summed E-state index contributed by atoms with van der Waals surface area (Å²) in [5.41, 5.74) is 3.06. The first-order valence-corrected chi connectivity index (χ1v) is 6.01. The second-order valence-corrected chi connectivity index (χ2v) is 4.41. The van der Waals surface area contributed by atoms with E-state index in [1.165, 1.54) is 5.56 Å². The van der Waals surface area contributed by atoms with Gasteiger partial charge >= 0.3 is 0 Å². The third-order valence-corrected chi connectivity index (χ3v) is 2.61. The molecule has 3 heteroatoms. The average molecular weight is 259 g/mol. The van der Waals surface area contributed by atoms with E-state index in [0.717, 1.165) is 11.1 Å². The molecule has 0 bridgehead atoms. The maximum absolute atomic E-state index is 5.87. The Labute approximate surface area is 112 Å². The van der Waals surface area contributed by atoms with E-state index in [1.807, 2.05) is 55.5 Å². The van der Waals surface area contributed by atoms with Gasteiger partial charge in [-0.1, -0.05) is 52.7 Å². The van der Waals surface area contributed by atoms with Crippen LogP contribution in [0.5, 0.6) is 0 Å². The van der Waals surface area contributed by atoms with Crippen LogP contribution in [0.2, 0.25) is 5.02 Å². The average Bonchev–Trinajstić information content (AvgIpc) is 2.35. The molecular formula is C15H13ClNO. The van der Waals surface area contributed by atoms with E-state index in [0.29, 0.717) is 11.6 Å². The Bertz CT molecular complexity index is 552. The molecule has 0 aromatic heterocycles. The van der Waals surface area contributed by atoms with Crippen molar-refractivity contribution in [3.8, 4) is 0 Å². The second-order valence-electron chi connectivity index (χ2n) is 3.98. The minimum absolute atomic E-state index is 0.388. The lowest BCUT2D eigenvalue weighted by molar-refractivity contribution is 0.132. The Morgan fingerprint density at radius 1 is 1.17 bits per heavy atom. The highest BCUT2D eigenvalue weighted by Gasteiger charge is 1.94. The molecule has 0 aliphatic rings. The lowest BCUT2D eigenvalue weighted by atomic mass is 10.2. The first-order valence-electron chi connectivity index (χ1n) is 5.63. The molecule has 0 N–H and O–H groups in total. The summed E-state index contributed by atoms with van der Waals surface area (Å²) in [4.78, 5) is 5.17. The number of aryl methyl sites for hydroxylation is 1. The molecule has 0 saturated heterocycles. The Morgan fingerprint density at radius 2 is 2.00 bits per heavy atom. The normalized spacial score (nSPS) is 10.8. The highest BCUT2D eigenvalue weighted by molar-refractivity contribution is 6.30. The van der Waals surface area contributed by atoms with Gasteiger partial charge in [-0.25, -0.2) is 0 Å². The van der Waals surface area contributed by atoms with Crippen molar-refractivity contribution in [2.24, 2.45) is 5.16 Å². The predicted molar refractivity (Wildman–Crippen MR) is 74.0 cm³/mol. The maximum Gasteiger partial charge on any atom is 0.142 e. The van der Waals surface area contributed by atoms with Gasteiger partial charge in [0.1, 0.15) is 12.8 Å². The van der Waals surface area contributed by atoms with Crippen LogP contribution in [0.1, 0.15) is 16.7 Å². The first kappa shape index (κ1) is 12.7. The third-order valence-electron chi connectivity index (χ3n) is 2.38. The molecule has 2 nitrogen and oxygen atoms in total. The molecule has 91 valence electrons. The van der Waals surface area contributed by atoms with Crippen molar-refractivity contribution in [1.29, 1.82) is 0 Å². The summed E-state index contributed by atoms with van der Waals surface area (Å²) in [5, 5.41) is 4.51. The molecule has 2 aromatic carbocycles. The van der Waals surface area contributed by atoms with Gasteiger partial charge in [0.2, 0.25) is 0 Å². The Hall–Kier alpha value is -1.80. The molecule has 0 aliphatic carbocycles. The van der Waals surface area contributed by atoms with Gasteiger partial charge in [0.25, 0.3) is 0 Å². The second kappa shape index (κ2) is 6.22. The lowest BCUT2D eigenvalue weighted by Gasteiger charge is -2.00. The fourth-order valence-corrected chi connectivity index (χ4v) is 1.75. The van der Waals surface area contributed by atoms with Crippen molar-refractivity contribution in [3.05, 3.63) is 70.2 Å². The fraction of sp³-hybridized carbons (Fsp3) is 0.133. The van der Waals surface area contributed by atoms with E-state index in [-0.39, 0.29) is 0 Å². The number of hydrogen-bond acceptors (Lipinski definition) is 2. The summed E-state index contributed by atoms with van der Waals surface area (Å²) in [6, 6.07) is 15.4. The monoisotopic (exact) mass is 258 g/mol. The zero-order valence-corrected chi connectivity index (χ0v) is 10.8. The lowest BCUT2D eigenvalue weighted by Crippen LogP contribution is -1.88. The fourth-order valence-electron chi connectivity index (χ4n) is 1.53. The van der Waals surface area contributed by atoms with Gasteiger partial charge in [0.15, 0.2) is 0 Å². The SMILES string of the molecule is Cc1cccc(/[C]=N\OCc2cccc(Cl)c2)c1. The van der Waals surface area contributed by atoms with Gasteiger partial charge in [-0.2, -0.15) is 0 Å². The third kappa shape index (κ3) is 3.90.